The third-order valence-corrected chi connectivity index (χ3v) is 4.62. The van der Waals surface area contributed by atoms with Crippen LogP contribution in [0.1, 0.15) is 31.4 Å². The number of amides is 1. The molecule has 0 radical (unpaired) electrons. The van der Waals surface area contributed by atoms with E-state index in [1.165, 1.54) is 0 Å². The Morgan fingerprint density at radius 3 is 2.73 bits per heavy atom. The molecular formula is C21H32N2O3. The zero-order valence-corrected chi connectivity index (χ0v) is 16.5. The number of aryl methyl sites for hydroxylation is 1. The van der Waals surface area contributed by atoms with Gasteiger partial charge in [0, 0.05) is 37.3 Å². The number of benzene rings is 1. The lowest BCUT2D eigenvalue weighted by molar-refractivity contribution is -0.116. The molecule has 1 amide bonds. The van der Waals surface area contributed by atoms with Gasteiger partial charge in [0.1, 0.15) is 5.75 Å². The summed E-state index contributed by atoms with van der Waals surface area (Å²) in [6.45, 7) is 10.5. The summed E-state index contributed by atoms with van der Waals surface area (Å²) in [6, 6.07) is 6.28. The van der Waals surface area contributed by atoms with E-state index in [4.69, 9.17) is 9.47 Å². The number of rotatable bonds is 8. The fraction of sp³-hybridized carbons (Fsp3) is 0.571. The first-order valence-electron chi connectivity index (χ1n) is 9.42. The van der Waals surface area contributed by atoms with Crippen molar-refractivity contribution in [1.29, 1.82) is 0 Å². The van der Waals surface area contributed by atoms with Crippen molar-refractivity contribution in [3.05, 3.63) is 35.4 Å². The van der Waals surface area contributed by atoms with Crippen molar-refractivity contribution in [2.75, 3.05) is 40.0 Å². The molecule has 1 aliphatic rings. The van der Waals surface area contributed by atoms with Crippen LogP contribution in [0.2, 0.25) is 0 Å². The number of nitrogens with zero attached hydrogens (tertiary/aromatic N) is 1. The van der Waals surface area contributed by atoms with E-state index in [0.29, 0.717) is 18.5 Å². The van der Waals surface area contributed by atoms with Crippen LogP contribution in [0.25, 0.3) is 6.08 Å². The highest BCUT2D eigenvalue weighted by Gasteiger charge is 2.22. The van der Waals surface area contributed by atoms with Gasteiger partial charge in [0.15, 0.2) is 0 Å². The Kier molecular flexibility index (Phi) is 8.13. The van der Waals surface area contributed by atoms with Gasteiger partial charge < -0.3 is 14.8 Å². The molecule has 1 heterocycles. The van der Waals surface area contributed by atoms with E-state index in [9.17, 15) is 4.79 Å². The number of nitrogens with one attached hydrogen (secondary N) is 1. The van der Waals surface area contributed by atoms with E-state index in [0.717, 1.165) is 49.6 Å². The number of hydrogen-bond donors (Lipinski definition) is 1. The largest absolute Gasteiger partial charge is 0.496 e. The lowest BCUT2D eigenvalue weighted by Crippen LogP contribution is -2.49. The van der Waals surface area contributed by atoms with Crippen LogP contribution in [0.15, 0.2) is 24.3 Å². The molecular weight excluding hydrogens is 328 g/mol. The van der Waals surface area contributed by atoms with E-state index in [2.05, 4.69) is 24.1 Å². The number of ether oxygens (including phenoxy) is 2. The SMILES string of the molecule is COc1ccc(C)cc1/C=C/C(=O)NCC(CC(C)C)N1CCOCC1. The van der Waals surface area contributed by atoms with E-state index in [1.807, 2.05) is 31.2 Å². The van der Waals surface area contributed by atoms with Crippen LogP contribution >= 0.6 is 0 Å². The summed E-state index contributed by atoms with van der Waals surface area (Å²) in [4.78, 5) is 14.7. The molecule has 5 heteroatoms. The first kappa shape index (κ1) is 20.5. The van der Waals surface area contributed by atoms with Crippen molar-refractivity contribution < 1.29 is 14.3 Å². The quantitative estimate of drug-likeness (QED) is 0.724. The summed E-state index contributed by atoms with van der Waals surface area (Å²) >= 11 is 0. The molecule has 0 bridgehead atoms. The van der Waals surface area contributed by atoms with Crippen molar-refractivity contribution >= 4 is 12.0 Å². The smallest absolute Gasteiger partial charge is 0.244 e. The van der Waals surface area contributed by atoms with Crippen LogP contribution in [-0.4, -0.2) is 56.8 Å². The first-order valence-corrected chi connectivity index (χ1v) is 9.42. The van der Waals surface area contributed by atoms with Crippen LogP contribution in [-0.2, 0) is 9.53 Å². The number of hydrogen-bond acceptors (Lipinski definition) is 4. The molecule has 1 N–H and O–H groups in total. The van der Waals surface area contributed by atoms with Gasteiger partial charge >= 0.3 is 0 Å². The third-order valence-electron chi connectivity index (χ3n) is 4.62. The molecule has 1 aliphatic heterocycles. The van der Waals surface area contributed by atoms with E-state index in [1.54, 1.807) is 13.2 Å². The monoisotopic (exact) mass is 360 g/mol. The predicted octanol–water partition coefficient (Wildman–Crippen LogP) is 2.88. The maximum absolute atomic E-state index is 12.3. The Morgan fingerprint density at radius 1 is 1.35 bits per heavy atom. The molecule has 0 aliphatic carbocycles. The minimum absolute atomic E-state index is 0.0735. The number of carbonyl (C=O) groups excluding carboxylic acids is 1. The Morgan fingerprint density at radius 2 is 2.08 bits per heavy atom. The highest BCUT2D eigenvalue weighted by Crippen LogP contribution is 2.21. The van der Waals surface area contributed by atoms with Crippen molar-refractivity contribution in [3.8, 4) is 5.75 Å². The molecule has 0 saturated carbocycles. The van der Waals surface area contributed by atoms with Gasteiger partial charge in [0.2, 0.25) is 5.91 Å². The fourth-order valence-corrected chi connectivity index (χ4v) is 3.28. The van der Waals surface area contributed by atoms with Gasteiger partial charge in [-0.25, -0.2) is 0 Å². The highest BCUT2D eigenvalue weighted by atomic mass is 16.5. The molecule has 144 valence electrons. The van der Waals surface area contributed by atoms with Crippen molar-refractivity contribution in [3.63, 3.8) is 0 Å². The zero-order chi connectivity index (χ0) is 18.9. The summed E-state index contributed by atoms with van der Waals surface area (Å²) in [5.41, 5.74) is 2.05. The lowest BCUT2D eigenvalue weighted by atomic mass is 10.0. The second-order valence-corrected chi connectivity index (χ2v) is 7.26. The van der Waals surface area contributed by atoms with Gasteiger partial charge in [0.05, 0.1) is 20.3 Å². The lowest BCUT2D eigenvalue weighted by Gasteiger charge is -2.35. The zero-order valence-electron chi connectivity index (χ0n) is 16.5. The van der Waals surface area contributed by atoms with Gasteiger partial charge in [-0.2, -0.15) is 0 Å². The molecule has 26 heavy (non-hydrogen) atoms. The Labute approximate surface area is 157 Å². The fourth-order valence-electron chi connectivity index (χ4n) is 3.28. The normalized spacial score (nSPS) is 16.8. The predicted molar refractivity (Wildman–Crippen MR) is 105 cm³/mol. The molecule has 1 unspecified atom stereocenters. The van der Waals surface area contributed by atoms with Crippen LogP contribution < -0.4 is 10.1 Å². The van der Waals surface area contributed by atoms with Gasteiger partial charge in [-0.1, -0.05) is 25.5 Å². The van der Waals surface area contributed by atoms with Crippen molar-refractivity contribution in [2.24, 2.45) is 5.92 Å². The second kappa shape index (κ2) is 10.3. The third kappa shape index (κ3) is 6.46. The number of methoxy groups -OCH3 is 1. The van der Waals surface area contributed by atoms with Crippen LogP contribution in [0, 0.1) is 12.8 Å². The van der Waals surface area contributed by atoms with Crippen molar-refractivity contribution in [1.82, 2.24) is 10.2 Å². The first-order chi connectivity index (χ1) is 12.5. The maximum atomic E-state index is 12.3. The Bertz CT molecular complexity index is 607. The summed E-state index contributed by atoms with van der Waals surface area (Å²) in [5.74, 6) is 1.29. The van der Waals surface area contributed by atoms with E-state index in [-0.39, 0.29) is 5.91 Å². The average Bonchev–Trinajstić information content (AvgIpc) is 2.64. The molecule has 1 atom stereocenters. The second-order valence-electron chi connectivity index (χ2n) is 7.26. The Hall–Kier alpha value is -1.85. The molecule has 1 fully saturated rings. The molecule has 1 saturated heterocycles. The molecule has 5 nitrogen and oxygen atoms in total. The number of morpholine rings is 1. The summed E-state index contributed by atoms with van der Waals surface area (Å²) in [6.07, 6.45) is 4.46. The Balaban J connectivity index is 1.93. The summed E-state index contributed by atoms with van der Waals surface area (Å²) in [7, 11) is 1.64. The average molecular weight is 360 g/mol. The molecule has 1 aromatic rings. The van der Waals surface area contributed by atoms with Gasteiger partial charge in [-0.15, -0.1) is 0 Å². The molecule has 1 aromatic carbocycles. The standard InChI is InChI=1S/C21H32N2O3/c1-16(2)13-19(23-9-11-26-12-10-23)15-22-21(24)8-6-18-14-17(3)5-7-20(18)25-4/h5-8,14,16,19H,9-13,15H2,1-4H3,(H,22,24)/b8-6+. The minimum Gasteiger partial charge on any atom is -0.496 e. The summed E-state index contributed by atoms with van der Waals surface area (Å²) < 4.78 is 10.8. The van der Waals surface area contributed by atoms with Crippen LogP contribution in [0.3, 0.4) is 0 Å². The van der Waals surface area contributed by atoms with Crippen molar-refractivity contribution in [2.45, 2.75) is 33.2 Å². The topological polar surface area (TPSA) is 50.8 Å². The highest BCUT2D eigenvalue weighted by molar-refractivity contribution is 5.92. The van der Waals surface area contributed by atoms with Crippen LogP contribution in [0.4, 0.5) is 0 Å². The van der Waals surface area contributed by atoms with E-state index < -0.39 is 0 Å². The summed E-state index contributed by atoms with van der Waals surface area (Å²) in [5, 5.41) is 3.06. The van der Waals surface area contributed by atoms with E-state index >= 15 is 0 Å². The maximum Gasteiger partial charge on any atom is 0.244 e. The van der Waals surface area contributed by atoms with Gasteiger partial charge in [-0.3, -0.25) is 9.69 Å². The van der Waals surface area contributed by atoms with Crippen LogP contribution in [0.5, 0.6) is 5.75 Å². The molecule has 2 rings (SSSR count). The van der Waals surface area contributed by atoms with Gasteiger partial charge in [-0.05, 0) is 37.5 Å². The number of carbonyl (C=O) groups is 1. The van der Waals surface area contributed by atoms with Gasteiger partial charge in [0.25, 0.3) is 0 Å². The molecule has 0 spiro atoms. The minimum atomic E-state index is -0.0735. The molecule has 0 aromatic heterocycles.